The van der Waals surface area contributed by atoms with E-state index in [1.807, 2.05) is 153 Å². The number of aryl methyl sites for hydroxylation is 4. The first-order chi connectivity index (χ1) is 58.2. The number of hydrogen-bond donors (Lipinski definition) is 6. The summed E-state index contributed by atoms with van der Waals surface area (Å²) in [5, 5.41) is 52.6. The third-order valence-electron chi connectivity index (χ3n) is 19.1. The van der Waals surface area contributed by atoms with Gasteiger partial charge in [0.15, 0.2) is 0 Å². The first kappa shape index (κ1) is 91.1. The number of hydrogen-bond acceptors (Lipinski definition) is 29. The van der Waals surface area contributed by atoms with E-state index in [1.165, 1.54) is 6.92 Å². The van der Waals surface area contributed by atoms with E-state index in [1.54, 1.807) is 108 Å². The lowest BCUT2D eigenvalue weighted by Gasteiger charge is -2.33. The number of sulfonamides is 1. The molecule has 0 bridgehead atoms. The van der Waals surface area contributed by atoms with E-state index >= 15 is 0 Å². The summed E-state index contributed by atoms with van der Waals surface area (Å²) in [5.41, 5.74) is 9.45. The number of aromatic amines is 1. The average molecular weight is 1800 g/mol. The summed E-state index contributed by atoms with van der Waals surface area (Å²) in [4.78, 5) is 63.1. The third-order valence-corrected chi connectivity index (χ3v) is 23.2. The maximum Gasteiger partial charge on any atom is 0.410 e. The molecular formula is C78H106BrClN32O8S2. The summed E-state index contributed by atoms with van der Waals surface area (Å²) in [5.74, 6) is 2.23. The van der Waals surface area contributed by atoms with Crippen LogP contribution < -0.4 is 26.6 Å². The van der Waals surface area contributed by atoms with Crippen molar-refractivity contribution in [2.24, 2.45) is 28.2 Å². The largest absolute Gasteiger partial charge is 0.444 e. The summed E-state index contributed by atoms with van der Waals surface area (Å²) in [6.45, 7) is 20.5. The molecule has 12 aromatic rings. The van der Waals surface area contributed by atoms with Gasteiger partial charge in [-0.3, -0.25) is 37.9 Å². The summed E-state index contributed by atoms with van der Waals surface area (Å²) < 4.78 is 68.7. The maximum absolute atomic E-state index is 12.3. The molecule has 44 heteroatoms. The monoisotopic (exact) mass is 1800 g/mol. The van der Waals surface area contributed by atoms with Gasteiger partial charge in [0, 0.05) is 180 Å². The Kier molecular flexibility index (Phi) is 31.5. The Labute approximate surface area is 721 Å². The molecule has 0 unspecified atom stereocenters. The molecule has 0 aromatic carbocycles. The fraction of sp³-hybridized carbons (Fsp3) is 0.462. The van der Waals surface area contributed by atoms with Gasteiger partial charge in [-0.05, 0) is 137 Å². The van der Waals surface area contributed by atoms with Gasteiger partial charge < -0.3 is 45.9 Å². The van der Waals surface area contributed by atoms with Crippen LogP contribution in [0.5, 0.6) is 0 Å². The van der Waals surface area contributed by atoms with Crippen molar-refractivity contribution in [3.63, 3.8) is 0 Å². The van der Waals surface area contributed by atoms with E-state index in [2.05, 4.69) is 150 Å². The highest BCUT2D eigenvalue weighted by atomic mass is 79.9. The van der Waals surface area contributed by atoms with Crippen LogP contribution in [0.1, 0.15) is 125 Å². The minimum atomic E-state index is -3.19. The minimum absolute atomic E-state index is 0.00849. The normalized spacial score (nSPS) is 15.1. The number of anilines is 8. The molecular weight excluding hydrogens is 1690 g/mol. The van der Waals surface area contributed by atoms with Crippen molar-refractivity contribution in [2.75, 3.05) is 85.1 Å². The molecule has 0 saturated carbocycles. The quantitative estimate of drug-likeness (QED) is 0.0343. The lowest BCUT2D eigenvalue weighted by Crippen LogP contribution is -2.42. The van der Waals surface area contributed by atoms with Crippen LogP contribution >= 0.6 is 26.6 Å². The van der Waals surface area contributed by atoms with Crippen molar-refractivity contribution in [3.8, 4) is 45.0 Å². The van der Waals surface area contributed by atoms with Crippen LogP contribution in [-0.2, 0) is 56.7 Å². The lowest BCUT2D eigenvalue weighted by molar-refractivity contribution is 0.0182. The molecule has 122 heavy (non-hydrogen) atoms. The number of aromatic nitrogens is 24. The molecule has 4 saturated heterocycles. The van der Waals surface area contributed by atoms with Crippen molar-refractivity contribution in [2.45, 2.75) is 141 Å². The van der Waals surface area contributed by atoms with E-state index in [-0.39, 0.29) is 41.4 Å². The van der Waals surface area contributed by atoms with E-state index in [9.17, 15) is 26.4 Å². The number of carbonyl (C=O) groups excluding carboxylic acids is 2. The number of rotatable bonds is 18. The molecule has 0 aliphatic carbocycles. The number of amides is 2. The van der Waals surface area contributed by atoms with Crippen molar-refractivity contribution in [3.05, 3.63) is 148 Å². The average Bonchev–Trinajstić information content (AvgIpc) is 1.61. The fourth-order valence-corrected chi connectivity index (χ4v) is 14.4. The summed E-state index contributed by atoms with van der Waals surface area (Å²) in [6, 6.07) is 8.32. The number of nitrogens with zero attached hydrogens (tertiary/aromatic N) is 26. The second kappa shape index (κ2) is 42.2. The van der Waals surface area contributed by atoms with Crippen LogP contribution in [0.15, 0.2) is 148 Å². The molecule has 12 aromatic heterocycles. The molecule has 0 atom stereocenters. The molecule has 4 aliphatic rings. The Balaban J connectivity index is 0.000000149. The highest BCUT2D eigenvalue weighted by molar-refractivity contribution is 9.09. The minimum Gasteiger partial charge on any atom is -0.444 e. The zero-order valence-electron chi connectivity index (χ0n) is 70.4. The molecule has 4 aliphatic heterocycles. The van der Waals surface area contributed by atoms with Gasteiger partial charge in [-0.1, -0.05) is 22.9 Å². The van der Waals surface area contributed by atoms with Crippen molar-refractivity contribution >= 4 is 104 Å². The SMILES string of the molecule is CC(C)(C)OC(=O)N1CCC(Br)CC1.CCS(=O)(=O)Cl.CCS(=O)(=O)N1CCC(n2cc(-c3ccnc(Nc4cnn(C)c4)n3)cn2)CC1.Cn1cc(Nc2nccc(-c3cn[nH]c3)n2)cn1.Cn1cc(Nc2nccc(-c3cnn(C4CCN(C(=O)OC(C)(C)C)CC4)c3)n2)cn1.Cn1cc(Nc2nccc(-c3cnn(C4CCNCC4)c3)n2)cn1. The predicted octanol–water partition coefficient (Wildman–Crippen LogP) is 11.6. The predicted molar refractivity (Wildman–Crippen MR) is 467 cm³/mol. The van der Waals surface area contributed by atoms with Gasteiger partial charge in [0.2, 0.25) is 42.9 Å². The molecule has 16 heterocycles. The summed E-state index contributed by atoms with van der Waals surface area (Å²) >= 11 is 3.55. The number of nitrogens with one attached hydrogen (secondary N) is 6. The number of H-pyrrole nitrogens is 1. The van der Waals surface area contributed by atoms with Gasteiger partial charge in [0.05, 0.1) is 125 Å². The Hall–Kier alpha value is -11.7. The van der Waals surface area contributed by atoms with Crippen molar-refractivity contribution in [1.82, 2.24) is 138 Å². The Morgan fingerprint density at radius 3 is 1.07 bits per heavy atom. The standard InChI is InChI=1S/C21H28N8O2.C18H24N8O2S.C16H20N8.C11H11N7.C10H18BrNO2.C2H5ClO2S/c1-21(2,3)31-20(30)28-9-6-17(7-10-28)29-13-15(11-24-29)18-5-8-22-19(26-18)25-16-12-23-27(4)14-16;1-3-29(27,28)25-8-5-16(6-9-25)26-12-14(10-21-26)17-4-7-19-18(23-17)22-15-11-20-24(2)13-15;1-23-11-13(9-19-23)21-16-18-7-4-15(22-16)12-8-20-24(10-12)14-2-5-17-6-3-14;1-18-7-9(6-15-18)16-11-12-3-2-10(17-11)8-4-13-14-5-8;1-10(2,3)14-9(13)12-6-4-8(11)5-7-12;1-2-6(3,4)5/h5,8,11-14,17H,6-7,9-10H2,1-4H3,(H,22,25,26);4,7,10-13,16H,3,5-6,8-9H2,1-2H3,(H,19,22,23);4,7-11,14,17H,2-3,5-6H2,1H3,(H,18,21,22);2-7H,1H3,(H,13,14)(H,12,16,17);8H,4-7H2,1-3H3;2H2,1H3. The smallest absolute Gasteiger partial charge is 0.410 e. The molecule has 4 fully saturated rings. The third kappa shape index (κ3) is 28.2. The molecule has 40 nitrogen and oxygen atoms in total. The number of carbonyl (C=O) groups is 2. The zero-order valence-corrected chi connectivity index (χ0v) is 74.3. The van der Waals surface area contributed by atoms with Gasteiger partial charge in [-0.15, -0.1) is 0 Å². The highest BCUT2D eigenvalue weighted by Gasteiger charge is 2.31. The first-order valence-electron chi connectivity index (χ1n) is 39.9. The van der Waals surface area contributed by atoms with Gasteiger partial charge in [0.25, 0.3) is 0 Å². The maximum atomic E-state index is 12.3. The molecule has 2 amide bonds. The van der Waals surface area contributed by atoms with Crippen molar-refractivity contribution < 1.29 is 35.9 Å². The number of likely N-dealkylation sites (tertiary alicyclic amines) is 2. The molecule has 652 valence electrons. The second-order valence-electron chi connectivity index (χ2n) is 31.0. The van der Waals surface area contributed by atoms with Crippen LogP contribution in [0, 0.1) is 0 Å². The molecule has 0 radical (unpaired) electrons. The number of alkyl halides is 1. The number of piperidine rings is 4. The van der Waals surface area contributed by atoms with E-state index in [4.69, 9.17) is 9.47 Å². The van der Waals surface area contributed by atoms with E-state index in [0.29, 0.717) is 60.8 Å². The zero-order chi connectivity index (χ0) is 87.1. The van der Waals surface area contributed by atoms with Crippen LogP contribution in [0.2, 0.25) is 0 Å². The van der Waals surface area contributed by atoms with E-state index in [0.717, 1.165) is 145 Å². The Morgan fingerprint density at radius 2 is 0.770 bits per heavy atom. The summed E-state index contributed by atoms with van der Waals surface area (Å²) in [6.07, 6.45) is 43.2. The molecule has 6 N–H and O–H groups in total. The van der Waals surface area contributed by atoms with Crippen LogP contribution in [0.25, 0.3) is 45.0 Å². The lowest BCUT2D eigenvalue weighted by atomic mass is 10.1. The fourth-order valence-electron chi connectivity index (χ4n) is 12.8. The summed E-state index contributed by atoms with van der Waals surface area (Å²) in [7, 11) is 5.81. The van der Waals surface area contributed by atoms with Crippen molar-refractivity contribution in [1.29, 1.82) is 0 Å². The van der Waals surface area contributed by atoms with E-state index < -0.39 is 24.7 Å². The number of halogens is 2. The van der Waals surface area contributed by atoms with Gasteiger partial charge >= 0.3 is 12.2 Å². The van der Waals surface area contributed by atoms with Crippen LogP contribution in [0.3, 0.4) is 0 Å². The second-order valence-corrected chi connectivity index (χ2v) is 37.6. The van der Waals surface area contributed by atoms with Crippen LogP contribution in [-0.4, -0.2) is 242 Å². The first-order valence-corrected chi connectivity index (χ1v) is 44.9. The van der Waals surface area contributed by atoms with Crippen LogP contribution in [0.4, 0.5) is 56.1 Å². The topological polar surface area (TPSA) is 447 Å². The highest BCUT2D eigenvalue weighted by Crippen LogP contribution is 2.31. The molecule has 16 rings (SSSR count). The van der Waals surface area contributed by atoms with Gasteiger partial charge in [-0.25, -0.2) is 70.6 Å². The Bertz CT molecular complexity index is 5530. The Morgan fingerprint density at radius 1 is 0.451 bits per heavy atom. The van der Waals surface area contributed by atoms with Gasteiger partial charge in [0.1, 0.15) is 11.2 Å². The molecule has 0 spiro atoms. The van der Waals surface area contributed by atoms with Gasteiger partial charge in [-0.2, -0.15) is 40.8 Å². The number of ether oxygens (including phenoxy) is 2.